The van der Waals surface area contributed by atoms with E-state index in [1.807, 2.05) is 18.7 Å². The van der Waals surface area contributed by atoms with Crippen LogP contribution in [0.3, 0.4) is 0 Å². The second kappa shape index (κ2) is 8.51. The molecule has 1 unspecified atom stereocenters. The summed E-state index contributed by atoms with van der Waals surface area (Å²) in [5.41, 5.74) is 0. The molecule has 2 rings (SSSR count). The number of hydrogen-bond donors (Lipinski definition) is 1. The van der Waals surface area contributed by atoms with E-state index in [0.29, 0.717) is 12.0 Å². The monoisotopic (exact) mass is 272 g/mol. The van der Waals surface area contributed by atoms with Crippen LogP contribution in [0.25, 0.3) is 0 Å². The largest absolute Gasteiger partial charge is 0.480 e. The second-order valence-electron chi connectivity index (χ2n) is 5.13. The molecule has 0 aromatic carbocycles. The Labute approximate surface area is 116 Å². The van der Waals surface area contributed by atoms with Crippen molar-refractivity contribution in [1.29, 1.82) is 0 Å². The third-order valence-corrected chi connectivity index (χ3v) is 3.98. The number of morpholine rings is 1. The zero-order chi connectivity index (χ0) is 14.3. The van der Waals surface area contributed by atoms with Gasteiger partial charge >= 0.3 is 5.97 Å². The van der Waals surface area contributed by atoms with Crippen LogP contribution >= 0.6 is 0 Å². The Hall–Kier alpha value is -0.650. The number of aliphatic carboxylic acids is 1. The average molecular weight is 272 g/mol. The summed E-state index contributed by atoms with van der Waals surface area (Å²) in [5, 5.41) is 8.75. The van der Waals surface area contributed by atoms with Crippen LogP contribution < -0.4 is 0 Å². The lowest BCUT2D eigenvalue weighted by Crippen LogP contribution is -2.50. The van der Waals surface area contributed by atoms with Gasteiger partial charge in [-0.05, 0) is 38.9 Å². The summed E-state index contributed by atoms with van der Waals surface area (Å²) in [6.07, 6.45) is 2.18. The molecule has 2 aliphatic heterocycles. The summed E-state index contributed by atoms with van der Waals surface area (Å²) in [7, 11) is 2.16. The maximum atomic E-state index is 10.6. The smallest absolute Gasteiger partial charge is 0.317 e. The van der Waals surface area contributed by atoms with Gasteiger partial charge in [0.05, 0.1) is 19.8 Å². The van der Waals surface area contributed by atoms with Gasteiger partial charge in [0.15, 0.2) is 0 Å². The minimum atomic E-state index is -0.721. The molecule has 2 fully saturated rings. The Bertz CT molecular complexity index is 265. The number of nitrogens with zero attached hydrogens (tertiary/aromatic N) is 2. The molecule has 0 aromatic rings. The summed E-state index contributed by atoms with van der Waals surface area (Å²) in [6.45, 7) is 8.68. The molecule has 5 nitrogen and oxygen atoms in total. The third-order valence-electron chi connectivity index (χ3n) is 3.98. The molecule has 2 aliphatic rings. The number of rotatable bonds is 3. The van der Waals surface area contributed by atoms with Gasteiger partial charge in [-0.2, -0.15) is 0 Å². The summed E-state index contributed by atoms with van der Waals surface area (Å²) in [5.74, 6) is -0.0630. The average Bonchev–Trinajstić information content (AvgIpc) is 2.42. The molecule has 0 saturated carbocycles. The zero-order valence-electron chi connectivity index (χ0n) is 12.5. The minimum absolute atomic E-state index is 0.184. The van der Waals surface area contributed by atoms with Gasteiger partial charge in [0.25, 0.3) is 0 Å². The van der Waals surface area contributed by atoms with Gasteiger partial charge in [-0.1, -0.05) is 13.8 Å². The Morgan fingerprint density at radius 1 is 1.26 bits per heavy atom. The molecule has 1 N–H and O–H groups in total. The molecule has 2 saturated heterocycles. The first-order valence-electron chi connectivity index (χ1n) is 7.39. The predicted molar refractivity (Wildman–Crippen MR) is 75.4 cm³/mol. The van der Waals surface area contributed by atoms with Gasteiger partial charge < -0.3 is 9.84 Å². The molecule has 0 spiro atoms. The van der Waals surface area contributed by atoms with E-state index >= 15 is 0 Å². The van der Waals surface area contributed by atoms with Crippen molar-refractivity contribution in [3.63, 3.8) is 0 Å². The van der Waals surface area contributed by atoms with Crippen molar-refractivity contribution < 1.29 is 14.6 Å². The lowest BCUT2D eigenvalue weighted by molar-refractivity contribution is -0.138. The van der Waals surface area contributed by atoms with Crippen LogP contribution in [0.1, 0.15) is 26.7 Å². The molecule has 0 bridgehead atoms. The molecule has 0 amide bonds. The molecule has 0 radical (unpaired) electrons. The second-order valence-corrected chi connectivity index (χ2v) is 5.13. The Morgan fingerprint density at radius 3 is 2.42 bits per heavy atom. The highest BCUT2D eigenvalue weighted by Crippen LogP contribution is 2.25. The molecular formula is C14H28N2O3. The van der Waals surface area contributed by atoms with Crippen molar-refractivity contribution in [3.8, 4) is 0 Å². The van der Waals surface area contributed by atoms with Crippen LogP contribution in [0.15, 0.2) is 0 Å². The van der Waals surface area contributed by atoms with Crippen LogP contribution in [0.5, 0.6) is 0 Å². The topological polar surface area (TPSA) is 53.0 Å². The van der Waals surface area contributed by atoms with Crippen LogP contribution in [-0.4, -0.2) is 73.4 Å². The van der Waals surface area contributed by atoms with Crippen molar-refractivity contribution in [1.82, 2.24) is 9.80 Å². The van der Waals surface area contributed by atoms with E-state index in [-0.39, 0.29) is 6.54 Å². The third kappa shape index (κ3) is 5.09. The van der Waals surface area contributed by atoms with Crippen molar-refractivity contribution in [3.05, 3.63) is 0 Å². The quantitative estimate of drug-likeness (QED) is 0.835. The molecule has 0 aliphatic carbocycles. The van der Waals surface area contributed by atoms with Crippen LogP contribution in [0, 0.1) is 5.92 Å². The normalized spacial score (nSPS) is 26.6. The standard InChI is InChI=1S/C12H22N2O3.C2H6/c1-13-6-7-17-9-11(13)10-2-4-14(5-3-10)8-12(15)16;1-2/h10-11H,2-9H2,1H3,(H,15,16);1-2H3. The number of piperidine rings is 1. The van der Waals surface area contributed by atoms with Crippen molar-refractivity contribution in [2.24, 2.45) is 5.92 Å². The summed E-state index contributed by atoms with van der Waals surface area (Å²) >= 11 is 0. The molecular weight excluding hydrogens is 244 g/mol. The highest BCUT2D eigenvalue weighted by molar-refractivity contribution is 5.69. The molecule has 2 heterocycles. The fourth-order valence-corrected chi connectivity index (χ4v) is 2.89. The fraction of sp³-hybridized carbons (Fsp3) is 0.929. The number of carbonyl (C=O) groups is 1. The summed E-state index contributed by atoms with van der Waals surface area (Å²) in [6, 6.07) is 0.524. The highest BCUT2D eigenvalue weighted by atomic mass is 16.5. The number of likely N-dealkylation sites (tertiary alicyclic amines) is 1. The number of hydrogen-bond acceptors (Lipinski definition) is 4. The van der Waals surface area contributed by atoms with Gasteiger partial charge in [-0.25, -0.2) is 0 Å². The Morgan fingerprint density at radius 2 is 1.89 bits per heavy atom. The molecule has 1 atom stereocenters. The van der Waals surface area contributed by atoms with Crippen molar-refractivity contribution in [2.75, 3.05) is 46.4 Å². The number of carboxylic acids is 1. The molecule has 5 heteroatoms. The maximum Gasteiger partial charge on any atom is 0.317 e. The zero-order valence-corrected chi connectivity index (χ0v) is 12.5. The first kappa shape index (κ1) is 16.4. The maximum absolute atomic E-state index is 10.6. The number of ether oxygens (including phenoxy) is 1. The molecule has 0 aromatic heterocycles. The van der Waals surface area contributed by atoms with E-state index in [4.69, 9.17) is 9.84 Å². The summed E-state index contributed by atoms with van der Waals surface area (Å²) in [4.78, 5) is 15.1. The molecule has 19 heavy (non-hydrogen) atoms. The van der Waals surface area contributed by atoms with E-state index in [1.54, 1.807) is 0 Å². The van der Waals surface area contributed by atoms with E-state index in [1.165, 1.54) is 0 Å². The van der Waals surface area contributed by atoms with Crippen molar-refractivity contribution in [2.45, 2.75) is 32.7 Å². The van der Waals surface area contributed by atoms with E-state index in [2.05, 4.69) is 11.9 Å². The summed E-state index contributed by atoms with van der Waals surface area (Å²) < 4.78 is 5.55. The lowest BCUT2D eigenvalue weighted by atomic mass is 9.88. The molecule has 112 valence electrons. The van der Waals surface area contributed by atoms with Gasteiger partial charge in [0.2, 0.25) is 0 Å². The number of carboxylic acid groups (broad SMARTS) is 1. The van der Waals surface area contributed by atoms with Gasteiger partial charge in [0.1, 0.15) is 0 Å². The SMILES string of the molecule is CC.CN1CCOCC1C1CCN(CC(=O)O)CC1. The lowest BCUT2D eigenvalue weighted by Gasteiger charge is -2.41. The van der Waals surface area contributed by atoms with Crippen LogP contribution in [-0.2, 0) is 9.53 Å². The van der Waals surface area contributed by atoms with Crippen molar-refractivity contribution >= 4 is 5.97 Å². The van der Waals surface area contributed by atoms with E-state index < -0.39 is 5.97 Å². The predicted octanol–water partition coefficient (Wildman–Crippen LogP) is 1.14. The van der Waals surface area contributed by atoms with Crippen LogP contribution in [0.4, 0.5) is 0 Å². The minimum Gasteiger partial charge on any atom is -0.480 e. The van der Waals surface area contributed by atoms with E-state index in [9.17, 15) is 4.79 Å². The first-order chi connectivity index (χ1) is 9.16. The number of likely N-dealkylation sites (N-methyl/N-ethyl adjacent to an activating group) is 1. The van der Waals surface area contributed by atoms with Gasteiger partial charge in [-0.15, -0.1) is 0 Å². The van der Waals surface area contributed by atoms with Crippen LogP contribution in [0.2, 0.25) is 0 Å². The Kier molecular flexibility index (Phi) is 7.34. The van der Waals surface area contributed by atoms with E-state index in [0.717, 1.165) is 45.7 Å². The highest BCUT2D eigenvalue weighted by Gasteiger charge is 2.31. The first-order valence-corrected chi connectivity index (χ1v) is 7.39. The van der Waals surface area contributed by atoms with Gasteiger partial charge in [0, 0.05) is 12.6 Å². The fourth-order valence-electron chi connectivity index (χ4n) is 2.89. The van der Waals surface area contributed by atoms with Gasteiger partial charge in [-0.3, -0.25) is 14.6 Å². The Balaban J connectivity index is 0.000000861.